The summed E-state index contributed by atoms with van der Waals surface area (Å²) in [7, 11) is 1.28. The number of amides is 1. The number of carbonyl (C=O) groups excluding carboxylic acids is 2. The summed E-state index contributed by atoms with van der Waals surface area (Å²) in [4.78, 5) is 42.9. The van der Waals surface area contributed by atoms with Crippen LogP contribution in [0.1, 0.15) is 28.4 Å². The van der Waals surface area contributed by atoms with E-state index in [4.69, 9.17) is 14.5 Å². The Bertz CT molecular complexity index is 1420. The Morgan fingerprint density at radius 1 is 1.00 bits per heavy atom. The SMILES string of the molecule is CCOc1cc(/C=C2\SC(=Nc3ccccc3)N(Cc3ccc(C(=O)O)cc3)C2=O)ccc1OCC(=O)OC. The van der Waals surface area contributed by atoms with Gasteiger partial charge in [0.2, 0.25) is 0 Å². The molecule has 1 saturated heterocycles. The van der Waals surface area contributed by atoms with Crippen molar-refractivity contribution in [3.05, 3.63) is 94.4 Å². The summed E-state index contributed by atoms with van der Waals surface area (Å²) in [6, 6.07) is 20.9. The maximum Gasteiger partial charge on any atom is 0.343 e. The molecule has 0 radical (unpaired) electrons. The van der Waals surface area contributed by atoms with E-state index >= 15 is 0 Å². The van der Waals surface area contributed by atoms with E-state index in [1.54, 1.807) is 41.3 Å². The van der Waals surface area contributed by atoms with E-state index in [1.807, 2.05) is 37.3 Å². The highest BCUT2D eigenvalue weighted by atomic mass is 32.2. The number of benzene rings is 3. The number of hydrogen-bond donors (Lipinski definition) is 1. The van der Waals surface area contributed by atoms with E-state index in [0.717, 1.165) is 5.56 Å². The molecular weight excluding hydrogens is 520 g/mol. The summed E-state index contributed by atoms with van der Waals surface area (Å²) in [5.41, 5.74) is 2.34. The van der Waals surface area contributed by atoms with Gasteiger partial charge in [0.25, 0.3) is 5.91 Å². The molecule has 1 heterocycles. The number of carboxylic acid groups (broad SMARTS) is 1. The first-order chi connectivity index (χ1) is 18.9. The van der Waals surface area contributed by atoms with Crippen LogP contribution in [0.5, 0.6) is 11.5 Å². The third-order valence-electron chi connectivity index (χ3n) is 5.55. The number of thioether (sulfide) groups is 1. The van der Waals surface area contributed by atoms with Crippen molar-refractivity contribution in [3.63, 3.8) is 0 Å². The molecule has 0 aliphatic carbocycles. The second kappa shape index (κ2) is 12.8. The van der Waals surface area contributed by atoms with Gasteiger partial charge in [-0.3, -0.25) is 9.69 Å². The van der Waals surface area contributed by atoms with Crippen LogP contribution < -0.4 is 9.47 Å². The zero-order valence-corrected chi connectivity index (χ0v) is 22.1. The van der Waals surface area contributed by atoms with Gasteiger partial charge in [-0.05, 0) is 72.3 Å². The molecule has 1 N–H and O–H groups in total. The zero-order valence-electron chi connectivity index (χ0n) is 21.3. The van der Waals surface area contributed by atoms with Gasteiger partial charge in [-0.1, -0.05) is 36.4 Å². The van der Waals surface area contributed by atoms with Crippen molar-refractivity contribution in [2.45, 2.75) is 13.5 Å². The molecule has 10 heteroatoms. The topological polar surface area (TPSA) is 115 Å². The highest BCUT2D eigenvalue weighted by Crippen LogP contribution is 2.37. The molecule has 0 saturated carbocycles. The second-order valence-electron chi connectivity index (χ2n) is 8.24. The van der Waals surface area contributed by atoms with E-state index < -0.39 is 11.9 Å². The monoisotopic (exact) mass is 546 g/mol. The van der Waals surface area contributed by atoms with Gasteiger partial charge in [-0.2, -0.15) is 0 Å². The molecule has 4 rings (SSSR count). The highest BCUT2D eigenvalue weighted by Gasteiger charge is 2.33. The number of nitrogens with zero attached hydrogens (tertiary/aromatic N) is 2. The Morgan fingerprint density at radius 2 is 1.74 bits per heavy atom. The van der Waals surface area contributed by atoms with E-state index in [2.05, 4.69) is 4.74 Å². The Balaban J connectivity index is 1.64. The number of methoxy groups -OCH3 is 1. The third-order valence-corrected chi connectivity index (χ3v) is 6.56. The second-order valence-corrected chi connectivity index (χ2v) is 9.25. The molecule has 0 spiro atoms. The average molecular weight is 547 g/mol. The molecule has 1 aliphatic rings. The molecule has 3 aromatic rings. The highest BCUT2D eigenvalue weighted by molar-refractivity contribution is 8.18. The molecule has 1 aliphatic heterocycles. The minimum atomic E-state index is -1.01. The molecule has 0 aromatic heterocycles. The maximum atomic E-state index is 13.5. The van der Waals surface area contributed by atoms with Gasteiger partial charge in [0.1, 0.15) is 0 Å². The fraction of sp³-hybridized carbons (Fsp3) is 0.172. The number of amidine groups is 1. The number of ether oxygens (including phenoxy) is 3. The average Bonchev–Trinajstić information content (AvgIpc) is 3.22. The van der Waals surface area contributed by atoms with Crippen LogP contribution in [0.3, 0.4) is 0 Å². The van der Waals surface area contributed by atoms with Crippen LogP contribution in [0.2, 0.25) is 0 Å². The van der Waals surface area contributed by atoms with E-state index in [0.29, 0.717) is 39.4 Å². The summed E-state index contributed by atoms with van der Waals surface area (Å²) in [6.45, 7) is 2.18. The van der Waals surface area contributed by atoms with Crippen LogP contribution in [0.15, 0.2) is 82.7 Å². The lowest BCUT2D eigenvalue weighted by Crippen LogP contribution is -2.28. The summed E-state index contributed by atoms with van der Waals surface area (Å²) in [5.74, 6) is -0.952. The van der Waals surface area contributed by atoms with Crippen molar-refractivity contribution in [2.75, 3.05) is 20.3 Å². The first-order valence-corrected chi connectivity index (χ1v) is 12.8. The minimum Gasteiger partial charge on any atom is -0.490 e. The summed E-state index contributed by atoms with van der Waals surface area (Å²) < 4.78 is 15.8. The fourth-order valence-electron chi connectivity index (χ4n) is 3.63. The normalized spacial score (nSPS) is 15.0. The summed E-state index contributed by atoms with van der Waals surface area (Å²) in [5, 5.41) is 9.69. The van der Waals surface area contributed by atoms with Gasteiger partial charge in [0, 0.05) is 0 Å². The van der Waals surface area contributed by atoms with Gasteiger partial charge < -0.3 is 19.3 Å². The number of esters is 1. The zero-order chi connectivity index (χ0) is 27.8. The summed E-state index contributed by atoms with van der Waals surface area (Å²) >= 11 is 1.24. The van der Waals surface area contributed by atoms with Crippen molar-refractivity contribution in [2.24, 2.45) is 4.99 Å². The van der Waals surface area contributed by atoms with Gasteiger partial charge in [-0.15, -0.1) is 0 Å². The molecule has 0 atom stereocenters. The number of hydrogen-bond acceptors (Lipinski definition) is 8. The van der Waals surface area contributed by atoms with Crippen LogP contribution in [-0.2, 0) is 20.9 Å². The Hall–Kier alpha value is -4.57. The van der Waals surface area contributed by atoms with Crippen molar-refractivity contribution >= 4 is 46.5 Å². The van der Waals surface area contributed by atoms with Crippen molar-refractivity contribution < 1.29 is 33.7 Å². The molecule has 1 fully saturated rings. The van der Waals surface area contributed by atoms with Gasteiger partial charge in [-0.25, -0.2) is 14.6 Å². The van der Waals surface area contributed by atoms with Crippen LogP contribution in [0, 0.1) is 0 Å². The number of para-hydroxylation sites is 1. The third kappa shape index (κ3) is 7.05. The maximum absolute atomic E-state index is 13.5. The molecule has 1 amide bonds. The van der Waals surface area contributed by atoms with Crippen LogP contribution in [0.25, 0.3) is 6.08 Å². The van der Waals surface area contributed by atoms with E-state index in [-0.39, 0.29) is 24.6 Å². The summed E-state index contributed by atoms with van der Waals surface area (Å²) in [6.07, 6.45) is 1.74. The molecule has 200 valence electrons. The number of aliphatic imine (C=N–C) groups is 1. The molecule has 3 aromatic carbocycles. The lowest BCUT2D eigenvalue weighted by atomic mass is 10.1. The number of carboxylic acids is 1. The van der Waals surface area contributed by atoms with Crippen LogP contribution in [0.4, 0.5) is 5.69 Å². The molecule has 0 bridgehead atoms. The first-order valence-electron chi connectivity index (χ1n) is 12.0. The van der Waals surface area contributed by atoms with Crippen molar-refractivity contribution in [1.29, 1.82) is 0 Å². The standard InChI is InChI=1S/C29H26N2O7S/c1-3-37-24-15-20(11-14-23(24)38-18-26(32)36-2)16-25-27(33)31(17-19-9-12-21(13-10-19)28(34)35)29(39-25)30-22-7-5-4-6-8-22/h4-16H,3,17-18H2,1-2H3,(H,34,35)/b25-16-,30-29?. The molecular formula is C29H26N2O7S. The quantitative estimate of drug-likeness (QED) is 0.275. The lowest BCUT2D eigenvalue weighted by Gasteiger charge is -2.16. The van der Waals surface area contributed by atoms with Crippen molar-refractivity contribution in [1.82, 2.24) is 4.90 Å². The Labute approximate surface area is 229 Å². The van der Waals surface area contributed by atoms with E-state index in [1.165, 1.54) is 31.0 Å². The molecule has 9 nitrogen and oxygen atoms in total. The first kappa shape index (κ1) is 27.5. The van der Waals surface area contributed by atoms with Gasteiger partial charge in [0.05, 0.1) is 36.4 Å². The fourth-order valence-corrected chi connectivity index (χ4v) is 4.63. The van der Waals surface area contributed by atoms with Gasteiger partial charge >= 0.3 is 11.9 Å². The van der Waals surface area contributed by atoms with Crippen molar-refractivity contribution in [3.8, 4) is 11.5 Å². The van der Waals surface area contributed by atoms with E-state index in [9.17, 15) is 19.5 Å². The molecule has 0 unspecified atom stereocenters. The number of carbonyl (C=O) groups is 3. The Morgan fingerprint density at radius 3 is 2.41 bits per heavy atom. The molecule has 39 heavy (non-hydrogen) atoms. The smallest absolute Gasteiger partial charge is 0.343 e. The van der Waals surface area contributed by atoms with Crippen LogP contribution in [-0.4, -0.2) is 53.3 Å². The number of rotatable bonds is 10. The number of aromatic carboxylic acids is 1. The largest absolute Gasteiger partial charge is 0.490 e. The van der Waals surface area contributed by atoms with Gasteiger partial charge in [0.15, 0.2) is 23.3 Å². The predicted molar refractivity (Wildman–Crippen MR) is 148 cm³/mol. The van der Waals surface area contributed by atoms with Crippen LogP contribution >= 0.6 is 11.8 Å². The Kier molecular flexibility index (Phi) is 9.01. The lowest BCUT2D eigenvalue weighted by molar-refractivity contribution is -0.142. The predicted octanol–water partition coefficient (Wildman–Crippen LogP) is 5.14. The minimum absolute atomic E-state index is 0.170.